The Labute approximate surface area is 133 Å². The van der Waals surface area contributed by atoms with Gasteiger partial charge in [0.1, 0.15) is 0 Å². The molecule has 0 fully saturated rings. The number of aromatic nitrogens is 2. The molecular weight excluding hydrogens is 296 g/mol. The van der Waals surface area contributed by atoms with E-state index in [0.29, 0.717) is 13.1 Å². The second-order valence-electron chi connectivity index (χ2n) is 5.02. The molecule has 6 heteroatoms. The van der Waals surface area contributed by atoms with Crippen LogP contribution in [0.1, 0.15) is 12.0 Å². The molecule has 5 nitrogen and oxygen atoms in total. The molecule has 0 radical (unpaired) electrons. The van der Waals surface area contributed by atoms with Gasteiger partial charge in [0.25, 0.3) is 0 Å². The summed E-state index contributed by atoms with van der Waals surface area (Å²) >= 11 is 1.71. The van der Waals surface area contributed by atoms with Gasteiger partial charge in [-0.25, -0.2) is 9.78 Å². The van der Waals surface area contributed by atoms with Crippen molar-refractivity contribution >= 4 is 27.5 Å². The summed E-state index contributed by atoms with van der Waals surface area (Å²) < 4.78 is 3.25. The van der Waals surface area contributed by atoms with Crippen molar-refractivity contribution in [1.29, 1.82) is 0 Å². The second kappa shape index (κ2) is 7.09. The van der Waals surface area contributed by atoms with E-state index in [2.05, 4.69) is 33.1 Å². The van der Waals surface area contributed by atoms with E-state index in [9.17, 15) is 4.79 Å². The topological polar surface area (TPSA) is 59.0 Å². The first kappa shape index (κ1) is 14.6. The van der Waals surface area contributed by atoms with Crippen molar-refractivity contribution in [2.45, 2.75) is 19.5 Å². The molecule has 114 valence electrons. The van der Waals surface area contributed by atoms with Crippen LogP contribution < -0.4 is 10.6 Å². The third-order valence-corrected chi connectivity index (χ3v) is 4.45. The molecule has 3 rings (SSSR count). The van der Waals surface area contributed by atoms with Gasteiger partial charge in [0.2, 0.25) is 0 Å². The third kappa shape index (κ3) is 3.65. The van der Waals surface area contributed by atoms with Crippen molar-refractivity contribution in [3.05, 3.63) is 53.9 Å². The van der Waals surface area contributed by atoms with Crippen molar-refractivity contribution in [3.63, 3.8) is 0 Å². The van der Waals surface area contributed by atoms with Crippen molar-refractivity contribution in [3.8, 4) is 0 Å². The Balaban J connectivity index is 1.40. The molecule has 1 aromatic carbocycles. The van der Waals surface area contributed by atoms with Crippen LogP contribution in [-0.2, 0) is 13.1 Å². The van der Waals surface area contributed by atoms with Gasteiger partial charge in [0.15, 0.2) is 0 Å². The number of fused-ring (bicyclic) bond motifs is 1. The number of thiophene rings is 1. The zero-order chi connectivity index (χ0) is 15.2. The van der Waals surface area contributed by atoms with E-state index in [1.807, 2.05) is 22.9 Å². The third-order valence-electron chi connectivity index (χ3n) is 3.44. The fourth-order valence-corrected chi connectivity index (χ4v) is 3.25. The minimum absolute atomic E-state index is 0.124. The van der Waals surface area contributed by atoms with Crippen LogP contribution in [0.15, 0.2) is 48.4 Å². The molecule has 0 bridgehead atoms. The molecule has 2 heterocycles. The Hall–Kier alpha value is -2.34. The summed E-state index contributed by atoms with van der Waals surface area (Å²) in [7, 11) is 0. The van der Waals surface area contributed by atoms with E-state index in [4.69, 9.17) is 0 Å². The molecule has 0 atom stereocenters. The largest absolute Gasteiger partial charge is 0.338 e. The smallest absolute Gasteiger partial charge is 0.315 e. The summed E-state index contributed by atoms with van der Waals surface area (Å²) in [6.07, 6.45) is 6.33. The fourth-order valence-electron chi connectivity index (χ4n) is 2.29. The maximum absolute atomic E-state index is 11.8. The lowest BCUT2D eigenvalue weighted by molar-refractivity contribution is 0.240. The van der Waals surface area contributed by atoms with Gasteiger partial charge in [-0.15, -0.1) is 11.3 Å². The Morgan fingerprint density at radius 1 is 1.27 bits per heavy atom. The molecule has 2 N–H and O–H groups in total. The lowest BCUT2D eigenvalue weighted by Crippen LogP contribution is -2.35. The molecule has 0 aliphatic rings. The fraction of sp³-hybridized carbons (Fsp3) is 0.250. The molecule has 0 aliphatic heterocycles. The molecule has 22 heavy (non-hydrogen) atoms. The number of carbonyl (C=O) groups is 1. The van der Waals surface area contributed by atoms with Crippen LogP contribution in [0.2, 0.25) is 0 Å². The minimum Gasteiger partial charge on any atom is -0.338 e. The van der Waals surface area contributed by atoms with E-state index >= 15 is 0 Å². The van der Waals surface area contributed by atoms with E-state index in [1.54, 1.807) is 23.9 Å². The summed E-state index contributed by atoms with van der Waals surface area (Å²) in [5.74, 6) is 0. The average molecular weight is 314 g/mol. The van der Waals surface area contributed by atoms with Gasteiger partial charge in [0.05, 0.1) is 6.33 Å². The number of urea groups is 1. The van der Waals surface area contributed by atoms with E-state index in [-0.39, 0.29) is 6.03 Å². The molecule has 0 aliphatic carbocycles. The standard InChI is InChI=1S/C16H18N4OS/c21-16(18-6-3-8-20-9-7-17-12-20)19-10-13-11-22-15-5-2-1-4-14(13)15/h1-2,4-5,7,9,11-12H,3,6,8,10H2,(H2,18,19,21). The number of rotatable bonds is 6. The number of aryl methyl sites for hydroxylation is 1. The highest BCUT2D eigenvalue weighted by atomic mass is 32.1. The molecule has 2 aromatic heterocycles. The van der Waals surface area contributed by atoms with Gasteiger partial charge in [-0.3, -0.25) is 0 Å². The van der Waals surface area contributed by atoms with Gasteiger partial charge in [-0.05, 0) is 28.8 Å². The first-order valence-electron chi connectivity index (χ1n) is 7.25. The van der Waals surface area contributed by atoms with Crippen LogP contribution in [0, 0.1) is 0 Å². The lowest BCUT2D eigenvalue weighted by Gasteiger charge is -2.07. The Morgan fingerprint density at radius 3 is 3.05 bits per heavy atom. The first-order valence-corrected chi connectivity index (χ1v) is 8.13. The lowest BCUT2D eigenvalue weighted by atomic mass is 10.2. The Morgan fingerprint density at radius 2 is 2.18 bits per heavy atom. The molecule has 2 amide bonds. The maximum Gasteiger partial charge on any atom is 0.315 e. The van der Waals surface area contributed by atoms with Gasteiger partial charge in [0, 0.05) is 36.7 Å². The minimum atomic E-state index is -0.124. The predicted octanol–water partition coefficient (Wildman–Crippen LogP) is 2.99. The van der Waals surface area contributed by atoms with Crippen molar-refractivity contribution in [2.75, 3.05) is 6.54 Å². The van der Waals surface area contributed by atoms with Crippen LogP contribution in [0.4, 0.5) is 4.79 Å². The molecule has 3 aromatic rings. The van der Waals surface area contributed by atoms with Crippen molar-refractivity contribution in [2.24, 2.45) is 0 Å². The molecule has 0 saturated heterocycles. The van der Waals surface area contributed by atoms with Crippen molar-refractivity contribution in [1.82, 2.24) is 20.2 Å². The van der Waals surface area contributed by atoms with Crippen LogP contribution in [-0.4, -0.2) is 22.1 Å². The van der Waals surface area contributed by atoms with E-state index in [1.165, 1.54) is 10.1 Å². The van der Waals surface area contributed by atoms with E-state index in [0.717, 1.165) is 18.5 Å². The summed E-state index contributed by atoms with van der Waals surface area (Å²) in [5.41, 5.74) is 1.16. The molecular formula is C16H18N4OS. The van der Waals surface area contributed by atoms with Gasteiger partial charge < -0.3 is 15.2 Å². The molecule has 0 spiro atoms. The maximum atomic E-state index is 11.8. The Kier molecular flexibility index (Phi) is 4.70. The number of hydrogen-bond acceptors (Lipinski definition) is 3. The van der Waals surface area contributed by atoms with E-state index < -0.39 is 0 Å². The van der Waals surface area contributed by atoms with Crippen LogP contribution >= 0.6 is 11.3 Å². The Bertz CT molecular complexity index is 736. The van der Waals surface area contributed by atoms with Crippen LogP contribution in [0.5, 0.6) is 0 Å². The van der Waals surface area contributed by atoms with Crippen LogP contribution in [0.25, 0.3) is 10.1 Å². The number of imidazole rings is 1. The number of nitrogens with one attached hydrogen (secondary N) is 2. The highest BCUT2D eigenvalue weighted by molar-refractivity contribution is 7.17. The zero-order valence-corrected chi connectivity index (χ0v) is 13.0. The summed E-state index contributed by atoms with van der Waals surface area (Å²) in [6, 6.07) is 8.12. The monoisotopic (exact) mass is 314 g/mol. The first-order chi connectivity index (χ1) is 10.8. The quantitative estimate of drug-likeness (QED) is 0.687. The number of hydrogen-bond donors (Lipinski definition) is 2. The number of amides is 2. The second-order valence-corrected chi connectivity index (χ2v) is 5.93. The number of nitrogens with zero attached hydrogens (tertiary/aromatic N) is 2. The number of carbonyl (C=O) groups excluding carboxylic acids is 1. The average Bonchev–Trinajstić information content (AvgIpc) is 3.19. The summed E-state index contributed by atoms with van der Waals surface area (Å²) in [5, 5.41) is 9.10. The zero-order valence-electron chi connectivity index (χ0n) is 12.2. The van der Waals surface area contributed by atoms with Gasteiger partial charge in [-0.1, -0.05) is 18.2 Å². The molecule has 0 saturated carbocycles. The van der Waals surface area contributed by atoms with Gasteiger partial charge >= 0.3 is 6.03 Å². The van der Waals surface area contributed by atoms with Crippen LogP contribution in [0.3, 0.4) is 0 Å². The highest BCUT2D eigenvalue weighted by Gasteiger charge is 2.05. The van der Waals surface area contributed by atoms with Gasteiger partial charge in [-0.2, -0.15) is 0 Å². The number of benzene rings is 1. The summed E-state index contributed by atoms with van der Waals surface area (Å²) in [4.78, 5) is 15.8. The normalized spacial score (nSPS) is 10.7. The highest BCUT2D eigenvalue weighted by Crippen LogP contribution is 2.25. The summed E-state index contributed by atoms with van der Waals surface area (Å²) in [6.45, 7) is 2.06. The SMILES string of the molecule is O=C(NCCCn1ccnc1)NCc1csc2ccccc12. The molecule has 0 unspecified atom stereocenters. The predicted molar refractivity (Wildman–Crippen MR) is 88.9 cm³/mol. The van der Waals surface area contributed by atoms with Crippen molar-refractivity contribution < 1.29 is 4.79 Å².